The number of rotatable bonds is 2. The topological polar surface area (TPSA) is 95.6 Å². The summed E-state index contributed by atoms with van der Waals surface area (Å²) in [5.74, 6) is 5.14. The third kappa shape index (κ3) is 2.21. The molecule has 82 valence electrons. The largest absolute Gasteiger partial charge is 0.449 e. The van der Waals surface area contributed by atoms with Crippen molar-refractivity contribution in [2.24, 2.45) is 10.9 Å². The van der Waals surface area contributed by atoms with E-state index in [1.165, 1.54) is 12.3 Å². The van der Waals surface area contributed by atoms with Gasteiger partial charge in [-0.15, -0.1) is 0 Å². The Hall–Kier alpha value is -1.69. The third-order valence-corrected chi connectivity index (χ3v) is 2.03. The highest BCUT2D eigenvalue weighted by atomic mass is 35.5. The molecule has 1 aromatic heterocycles. The van der Waals surface area contributed by atoms with Gasteiger partial charge in [-0.25, -0.2) is 9.36 Å². The number of carbonyl (C=O) groups excluding carboxylic acids is 1. The van der Waals surface area contributed by atoms with Crippen LogP contribution in [0.2, 0.25) is 0 Å². The molecule has 4 N–H and O–H groups in total. The minimum atomic E-state index is -0.567. The number of nitrogens with two attached hydrogens (primary N) is 2. The molecule has 0 amide bonds. The predicted molar refractivity (Wildman–Crippen MR) is 57.8 cm³/mol. The quantitative estimate of drug-likeness (QED) is 0.449. The monoisotopic (exact) mass is 230 g/mol. The van der Waals surface area contributed by atoms with E-state index >= 15 is 0 Å². The van der Waals surface area contributed by atoms with Crippen molar-refractivity contribution in [3.8, 4) is 0 Å². The van der Waals surface area contributed by atoms with Crippen molar-refractivity contribution in [2.75, 3.05) is 12.3 Å². The standard InChI is InChI=1S/C8H11ClN4O2/c1-2-15-8(14)13-4-3-5(7(13)10)6(9)12-11/h3-4H,2,10-11H2,1H3/b12-6+. The van der Waals surface area contributed by atoms with E-state index in [4.69, 9.17) is 27.9 Å². The molecule has 7 heteroatoms. The third-order valence-electron chi connectivity index (χ3n) is 1.73. The number of hydrazone groups is 1. The number of anilines is 1. The van der Waals surface area contributed by atoms with Crippen LogP contribution in [-0.2, 0) is 4.74 Å². The van der Waals surface area contributed by atoms with Gasteiger partial charge in [0.05, 0.1) is 12.2 Å². The first-order valence-electron chi connectivity index (χ1n) is 4.19. The summed E-state index contributed by atoms with van der Waals surface area (Å²) in [5, 5.41) is 3.31. The molecule has 0 aromatic carbocycles. The average molecular weight is 231 g/mol. The average Bonchev–Trinajstić information content (AvgIpc) is 2.59. The first-order chi connectivity index (χ1) is 7.11. The van der Waals surface area contributed by atoms with Gasteiger partial charge in [-0.2, -0.15) is 5.10 Å². The van der Waals surface area contributed by atoms with Crippen LogP contribution in [0.15, 0.2) is 17.4 Å². The summed E-state index contributed by atoms with van der Waals surface area (Å²) in [7, 11) is 0. The number of nitrogens with zero attached hydrogens (tertiary/aromatic N) is 2. The Balaban J connectivity index is 3.04. The summed E-state index contributed by atoms with van der Waals surface area (Å²) >= 11 is 5.67. The number of carbonyl (C=O) groups is 1. The van der Waals surface area contributed by atoms with Crippen molar-refractivity contribution in [3.63, 3.8) is 0 Å². The Labute approximate surface area is 91.4 Å². The van der Waals surface area contributed by atoms with Crippen LogP contribution in [-0.4, -0.2) is 22.4 Å². The lowest BCUT2D eigenvalue weighted by molar-refractivity contribution is 0.154. The Kier molecular flexibility index (Phi) is 3.56. The van der Waals surface area contributed by atoms with Gasteiger partial charge in [0.15, 0.2) is 5.17 Å². The highest BCUT2D eigenvalue weighted by Gasteiger charge is 2.15. The fraction of sp³-hybridized carbons (Fsp3) is 0.250. The molecule has 0 saturated carbocycles. The maximum Gasteiger partial charge on any atom is 0.419 e. The molecular weight excluding hydrogens is 220 g/mol. The maximum absolute atomic E-state index is 11.3. The van der Waals surface area contributed by atoms with E-state index in [1.807, 2.05) is 0 Å². The molecule has 0 saturated heterocycles. The summed E-state index contributed by atoms with van der Waals surface area (Å²) < 4.78 is 5.90. The van der Waals surface area contributed by atoms with Crippen molar-refractivity contribution in [1.82, 2.24) is 4.57 Å². The first kappa shape index (κ1) is 11.4. The van der Waals surface area contributed by atoms with Gasteiger partial charge >= 0.3 is 6.09 Å². The Morgan fingerprint density at radius 1 is 1.73 bits per heavy atom. The maximum atomic E-state index is 11.3. The van der Waals surface area contributed by atoms with Crippen LogP contribution in [0.4, 0.5) is 10.6 Å². The molecule has 0 bridgehead atoms. The molecule has 0 atom stereocenters. The van der Waals surface area contributed by atoms with Crippen LogP contribution in [0, 0.1) is 0 Å². The minimum absolute atomic E-state index is 0.0375. The zero-order valence-electron chi connectivity index (χ0n) is 8.11. The van der Waals surface area contributed by atoms with Crippen LogP contribution in [0.3, 0.4) is 0 Å². The minimum Gasteiger partial charge on any atom is -0.449 e. The molecule has 15 heavy (non-hydrogen) atoms. The molecule has 0 unspecified atom stereocenters. The highest BCUT2D eigenvalue weighted by molar-refractivity contribution is 6.70. The van der Waals surface area contributed by atoms with Crippen LogP contribution in [0.25, 0.3) is 0 Å². The van der Waals surface area contributed by atoms with Crippen molar-refractivity contribution < 1.29 is 9.53 Å². The summed E-state index contributed by atoms with van der Waals surface area (Å²) in [4.78, 5) is 11.3. The molecule has 0 aliphatic rings. The van der Waals surface area contributed by atoms with Gasteiger partial charge in [0, 0.05) is 6.20 Å². The fourth-order valence-corrected chi connectivity index (χ4v) is 1.20. The van der Waals surface area contributed by atoms with Crippen molar-refractivity contribution in [3.05, 3.63) is 17.8 Å². The smallest absolute Gasteiger partial charge is 0.419 e. The zero-order chi connectivity index (χ0) is 11.4. The molecule has 1 heterocycles. The van der Waals surface area contributed by atoms with Crippen LogP contribution in [0.5, 0.6) is 0 Å². The molecular formula is C8H11ClN4O2. The Morgan fingerprint density at radius 2 is 2.40 bits per heavy atom. The van der Waals surface area contributed by atoms with Gasteiger partial charge in [-0.3, -0.25) is 0 Å². The van der Waals surface area contributed by atoms with E-state index in [0.29, 0.717) is 5.56 Å². The summed E-state index contributed by atoms with van der Waals surface area (Å²) in [6.45, 7) is 1.97. The van der Waals surface area contributed by atoms with Crippen molar-refractivity contribution in [1.29, 1.82) is 0 Å². The lowest BCUT2D eigenvalue weighted by Crippen LogP contribution is -2.15. The first-order valence-corrected chi connectivity index (χ1v) is 4.57. The predicted octanol–water partition coefficient (Wildman–Crippen LogP) is 0.934. The Bertz CT molecular complexity index is 399. The molecule has 0 aliphatic heterocycles. The van der Waals surface area contributed by atoms with E-state index in [0.717, 1.165) is 4.57 Å². The summed E-state index contributed by atoms with van der Waals surface area (Å²) in [5.41, 5.74) is 6.05. The molecule has 0 spiro atoms. The molecule has 1 aromatic rings. The lowest BCUT2D eigenvalue weighted by atomic mass is 10.3. The van der Waals surface area contributed by atoms with E-state index < -0.39 is 6.09 Å². The molecule has 0 fully saturated rings. The Morgan fingerprint density at radius 3 is 2.93 bits per heavy atom. The van der Waals surface area contributed by atoms with Gasteiger partial charge in [-0.05, 0) is 13.0 Å². The van der Waals surface area contributed by atoms with E-state index in [2.05, 4.69) is 5.10 Å². The SMILES string of the molecule is CCOC(=O)n1ccc(/C(Cl)=N\N)c1N. The van der Waals surface area contributed by atoms with Gasteiger partial charge in [0.1, 0.15) is 5.82 Å². The van der Waals surface area contributed by atoms with Crippen molar-refractivity contribution >= 4 is 28.7 Å². The fourth-order valence-electron chi connectivity index (χ4n) is 1.04. The van der Waals surface area contributed by atoms with Gasteiger partial charge in [-0.1, -0.05) is 11.6 Å². The molecule has 0 radical (unpaired) electrons. The van der Waals surface area contributed by atoms with Gasteiger partial charge < -0.3 is 16.3 Å². The van der Waals surface area contributed by atoms with Crippen LogP contribution < -0.4 is 11.6 Å². The van der Waals surface area contributed by atoms with E-state index in [1.54, 1.807) is 6.92 Å². The normalized spacial score (nSPS) is 11.5. The molecule has 6 nitrogen and oxygen atoms in total. The van der Waals surface area contributed by atoms with Crippen LogP contribution in [0.1, 0.15) is 12.5 Å². The second-order valence-corrected chi connectivity index (χ2v) is 2.96. The van der Waals surface area contributed by atoms with E-state index in [9.17, 15) is 4.79 Å². The van der Waals surface area contributed by atoms with Crippen molar-refractivity contribution in [2.45, 2.75) is 6.92 Å². The highest BCUT2D eigenvalue weighted by Crippen LogP contribution is 2.16. The molecule has 0 aliphatic carbocycles. The second-order valence-electron chi connectivity index (χ2n) is 2.60. The number of aromatic nitrogens is 1. The lowest BCUT2D eigenvalue weighted by Gasteiger charge is -2.04. The number of halogens is 1. The van der Waals surface area contributed by atoms with Crippen LogP contribution >= 0.6 is 11.6 Å². The zero-order valence-corrected chi connectivity index (χ0v) is 8.86. The molecule has 1 rings (SSSR count). The number of ether oxygens (including phenoxy) is 1. The number of nitrogen functional groups attached to an aromatic ring is 1. The van der Waals surface area contributed by atoms with Gasteiger partial charge in [0.2, 0.25) is 0 Å². The number of hydrogen-bond acceptors (Lipinski definition) is 5. The summed E-state index contributed by atoms with van der Waals surface area (Å²) in [6, 6.07) is 1.53. The van der Waals surface area contributed by atoms with E-state index in [-0.39, 0.29) is 17.6 Å². The number of hydrogen-bond donors (Lipinski definition) is 2. The summed E-state index contributed by atoms with van der Waals surface area (Å²) in [6.07, 6.45) is 0.874. The second kappa shape index (κ2) is 4.70. The van der Waals surface area contributed by atoms with Gasteiger partial charge in [0.25, 0.3) is 0 Å².